The third kappa shape index (κ3) is 3.12. The standard InChI is InChI=1S/C13H18ClN2O7P/c1-7(2)22-24(19)20-6-8-10(23-24)13(3,14)11(21-8)16-5-4-9(17)15-12(16)18/h4-5,7-8,10-11H,6H2,1-3H3,(H,15,17,18). The summed E-state index contributed by atoms with van der Waals surface area (Å²) in [5, 5.41) is 0. The summed E-state index contributed by atoms with van der Waals surface area (Å²) in [4.78, 5) is 24.1. The Hall–Kier alpha value is -0.960. The molecule has 11 heteroatoms. The van der Waals surface area contributed by atoms with Crippen molar-refractivity contribution in [3.05, 3.63) is 33.1 Å². The maximum Gasteiger partial charge on any atom is 0.475 e. The Balaban J connectivity index is 1.91. The highest BCUT2D eigenvalue weighted by molar-refractivity contribution is 7.48. The fraction of sp³-hybridized carbons (Fsp3) is 0.692. The van der Waals surface area contributed by atoms with E-state index < -0.39 is 42.4 Å². The Labute approximate surface area is 142 Å². The zero-order valence-electron chi connectivity index (χ0n) is 13.3. The van der Waals surface area contributed by atoms with Crippen LogP contribution in [0.5, 0.6) is 0 Å². The first-order valence-electron chi connectivity index (χ1n) is 7.39. The van der Waals surface area contributed by atoms with E-state index in [1.165, 1.54) is 12.3 Å². The number of phosphoric ester groups is 1. The minimum Gasteiger partial charge on any atom is -0.347 e. The zero-order chi connectivity index (χ0) is 17.7. The van der Waals surface area contributed by atoms with Crippen molar-refractivity contribution in [3.63, 3.8) is 0 Å². The van der Waals surface area contributed by atoms with Gasteiger partial charge in [-0.2, -0.15) is 0 Å². The minimum atomic E-state index is -3.77. The normalized spacial score (nSPS) is 39.1. The summed E-state index contributed by atoms with van der Waals surface area (Å²) in [6.45, 7) is 4.95. The van der Waals surface area contributed by atoms with Crippen molar-refractivity contribution in [2.75, 3.05) is 6.61 Å². The Morgan fingerprint density at radius 2 is 2.21 bits per heavy atom. The molecule has 3 heterocycles. The number of aromatic amines is 1. The minimum absolute atomic E-state index is 0.0500. The number of phosphoric acid groups is 1. The lowest BCUT2D eigenvalue weighted by Gasteiger charge is -2.35. The van der Waals surface area contributed by atoms with Crippen LogP contribution in [0.2, 0.25) is 0 Å². The van der Waals surface area contributed by atoms with Gasteiger partial charge in [0.2, 0.25) is 0 Å². The topological polar surface area (TPSA) is 109 Å². The van der Waals surface area contributed by atoms with Crippen LogP contribution in [0.15, 0.2) is 21.9 Å². The van der Waals surface area contributed by atoms with Crippen LogP contribution in [0.1, 0.15) is 27.0 Å². The van der Waals surface area contributed by atoms with Crippen LogP contribution >= 0.6 is 19.4 Å². The molecule has 2 saturated heterocycles. The molecule has 0 bridgehead atoms. The third-order valence-electron chi connectivity index (χ3n) is 3.76. The van der Waals surface area contributed by atoms with Gasteiger partial charge < -0.3 is 4.74 Å². The van der Waals surface area contributed by atoms with Gasteiger partial charge >= 0.3 is 13.5 Å². The SMILES string of the molecule is CC(C)OP1(=O)OCC2OC(n3ccc(=O)[nH]c3=O)C(C)(Cl)C2O1. The molecule has 0 aromatic carbocycles. The number of nitrogens with zero attached hydrogens (tertiary/aromatic N) is 1. The molecule has 134 valence electrons. The smallest absolute Gasteiger partial charge is 0.347 e. The summed E-state index contributed by atoms with van der Waals surface area (Å²) < 4.78 is 35.4. The fourth-order valence-corrected chi connectivity index (χ4v) is 4.82. The predicted octanol–water partition coefficient (Wildman–Crippen LogP) is 1.38. The molecule has 24 heavy (non-hydrogen) atoms. The zero-order valence-corrected chi connectivity index (χ0v) is 15.0. The van der Waals surface area contributed by atoms with Crippen molar-refractivity contribution in [2.45, 2.75) is 50.2 Å². The third-order valence-corrected chi connectivity index (χ3v) is 5.80. The molecule has 5 atom stereocenters. The van der Waals surface area contributed by atoms with E-state index in [0.717, 1.165) is 4.57 Å². The fourth-order valence-electron chi connectivity index (χ4n) is 2.77. The molecule has 2 fully saturated rings. The van der Waals surface area contributed by atoms with Crippen LogP contribution in [-0.2, 0) is 22.9 Å². The number of ether oxygens (including phenoxy) is 1. The largest absolute Gasteiger partial charge is 0.475 e. The van der Waals surface area contributed by atoms with Crippen LogP contribution in [0.3, 0.4) is 0 Å². The summed E-state index contributed by atoms with van der Waals surface area (Å²) >= 11 is 6.58. The highest BCUT2D eigenvalue weighted by Crippen LogP contribution is 2.60. The van der Waals surface area contributed by atoms with Crippen LogP contribution in [0.25, 0.3) is 0 Å². The molecule has 0 radical (unpaired) electrons. The van der Waals surface area contributed by atoms with Crippen LogP contribution in [0, 0.1) is 0 Å². The number of nitrogens with one attached hydrogen (secondary N) is 1. The van der Waals surface area contributed by atoms with Gasteiger partial charge in [-0.1, -0.05) is 0 Å². The van der Waals surface area contributed by atoms with Crippen molar-refractivity contribution in [3.8, 4) is 0 Å². The molecule has 0 saturated carbocycles. The lowest BCUT2D eigenvalue weighted by atomic mass is 10.0. The molecule has 1 N–H and O–H groups in total. The second-order valence-electron chi connectivity index (χ2n) is 6.12. The van der Waals surface area contributed by atoms with Crippen molar-refractivity contribution >= 4 is 19.4 Å². The number of H-pyrrole nitrogens is 1. The van der Waals surface area contributed by atoms with Gasteiger partial charge in [-0.3, -0.25) is 27.9 Å². The highest BCUT2D eigenvalue weighted by Gasteiger charge is 2.60. The Morgan fingerprint density at radius 3 is 2.83 bits per heavy atom. The molecule has 9 nitrogen and oxygen atoms in total. The molecule has 0 spiro atoms. The Kier molecular flexibility index (Phi) is 4.53. The van der Waals surface area contributed by atoms with Crippen LogP contribution in [-0.4, -0.2) is 39.3 Å². The van der Waals surface area contributed by atoms with E-state index in [1.807, 2.05) is 0 Å². The van der Waals surface area contributed by atoms with Gasteiger partial charge in [-0.25, -0.2) is 9.36 Å². The summed E-state index contributed by atoms with van der Waals surface area (Å²) in [5.41, 5.74) is -1.20. The van der Waals surface area contributed by atoms with E-state index in [-0.39, 0.29) is 12.7 Å². The highest BCUT2D eigenvalue weighted by atomic mass is 35.5. The average molecular weight is 381 g/mol. The summed E-state index contributed by atoms with van der Waals surface area (Å²) in [6.07, 6.45) is -1.47. The molecular formula is C13H18ClN2O7P. The number of alkyl halides is 1. The van der Waals surface area contributed by atoms with Gasteiger partial charge in [0.1, 0.15) is 17.1 Å². The first-order valence-corrected chi connectivity index (χ1v) is 9.23. The van der Waals surface area contributed by atoms with Gasteiger partial charge in [0.05, 0.1) is 12.7 Å². The number of aromatic nitrogens is 2. The lowest BCUT2D eigenvalue weighted by Crippen LogP contribution is -2.45. The maximum atomic E-state index is 12.5. The molecule has 2 aliphatic rings. The van der Waals surface area contributed by atoms with Crippen LogP contribution < -0.4 is 11.2 Å². The quantitative estimate of drug-likeness (QED) is 0.623. The van der Waals surface area contributed by atoms with Gasteiger partial charge in [0.15, 0.2) is 6.23 Å². The van der Waals surface area contributed by atoms with Gasteiger partial charge in [-0.15, -0.1) is 11.6 Å². The molecule has 1 aromatic rings. The van der Waals surface area contributed by atoms with Crippen molar-refractivity contribution < 1.29 is 22.9 Å². The molecule has 0 amide bonds. The monoisotopic (exact) mass is 380 g/mol. The van der Waals surface area contributed by atoms with E-state index in [2.05, 4.69) is 4.98 Å². The summed E-state index contributed by atoms with van der Waals surface area (Å²) in [6, 6.07) is 1.18. The second-order valence-corrected chi connectivity index (χ2v) is 8.51. The number of hydrogen-bond acceptors (Lipinski definition) is 7. The molecule has 5 unspecified atom stereocenters. The van der Waals surface area contributed by atoms with E-state index in [0.29, 0.717) is 0 Å². The number of rotatable bonds is 3. The lowest BCUT2D eigenvalue weighted by molar-refractivity contribution is -0.0748. The van der Waals surface area contributed by atoms with Crippen molar-refractivity contribution in [1.29, 1.82) is 0 Å². The molecular weight excluding hydrogens is 363 g/mol. The molecule has 3 rings (SSSR count). The average Bonchev–Trinajstić information content (AvgIpc) is 2.69. The number of hydrogen-bond donors (Lipinski definition) is 1. The van der Waals surface area contributed by atoms with Crippen molar-refractivity contribution in [1.82, 2.24) is 9.55 Å². The molecule has 0 aliphatic carbocycles. The van der Waals surface area contributed by atoms with Crippen molar-refractivity contribution in [2.24, 2.45) is 0 Å². The number of fused-ring (bicyclic) bond motifs is 1. The van der Waals surface area contributed by atoms with Gasteiger partial charge in [-0.05, 0) is 20.8 Å². The Morgan fingerprint density at radius 1 is 1.50 bits per heavy atom. The van der Waals surface area contributed by atoms with Gasteiger partial charge in [0, 0.05) is 12.3 Å². The van der Waals surface area contributed by atoms with Gasteiger partial charge in [0.25, 0.3) is 5.56 Å². The van der Waals surface area contributed by atoms with E-state index in [9.17, 15) is 14.2 Å². The molecule has 1 aromatic heterocycles. The number of halogens is 1. The molecule has 2 aliphatic heterocycles. The van der Waals surface area contributed by atoms with E-state index >= 15 is 0 Å². The summed E-state index contributed by atoms with van der Waals surface area (Å²) in [5.74, 6) is 0. The first kappa shape index (κ1) is 17.8. The predicted molar refractivity (Wildman–Crippen MR) is 84.1 cm³/mol. The van der Waals surface area contributed by atoms with E-state index in [1.54, 1.807) is 20.8 Å². The van der Waals surface area contributed by atoms with E-state index in [4.69, 9.17) is 29.9 Å². The van der Waals surface area contributed by atoms with Crippen LogP contribution in [0.4, 0.5) is 0 Å². The summed E-state index contributed by atoms with van der Waals surface area (Å²) in [7, 11) is -3.77. The first-order chi connectivity index (χ1) is 11.1. The Bertz CT molecular complexity index is 789. The maximum absolute atomic E-state index is 12.5. The second kappa shape index (κ2) is 6.09.